The number of sulfone groups is 1. The lowest BCUT2D eigenvalue weighted by Gasteiger charge is -2.25. The van der Waals surface area contributed by atoms with Gasteiger partial charge in [-0.3, -0.25) is 4.79 Å². The summed E-state index contributed by atoms with van der Waals surface area (Å²) in [6.45, 7) is 2.96. The van der Waals surface area contributed by atoms with Crippen molar-refractivity contribution in [2.45, 2.75) is 37.0 Å². The number of carbonyl (C=O) groups is 1. The molecule has 1 saturated heterocycles. The molecule has 5 nitrogen and oxygen atoms in total. The average molecular weight is 326 g/mol. The van der Waals surface area contributed by atoms with Crippen molar-refractivity contribution in [2.24, 2.45) is 5.92 Å². The number of aliphatic carboxylic acids is 1. The van der Waals surface area contributed by atoms with Crippen LogP contribution in [0.5, 0.6) is 0 Å². The third-order valence-electron chi connectivity index (χ3n) is 4.23. The molecule has 0 saturated carbocycles. The highest BCUT2D eigenvalue weighted by Gasteiger charge is 2.26. The summed E-state index contributed by atoms with van der Waals surface area (Å²) in [5.74, 6) is -1.08. The number of benzene rings is 1. The molecule has 0 spiro atoms. The van der Waals surface area contributed by atoms with E-state index in [-0.39, 0.29) is 10.6 Å². The highest BCUT2D eigenvalue weighted by molar-refractivity contribution is 7.91. The molecule has 0 amide bonds. The van der Waals surface area contributed by atoms with Crippen LogP contribution in [0.1, 0.15) is 37.7 Å². The number of hydrogen-bond donors (Lipinski definition) is 1. The molecule has 1 aliphatic rings. The van der Waals surface area contributed by atoms with Crippen LogP contribution in [0.15, 0.2) is 29.2 Å². The maximum absolute atomic E-state index is 11.8. The average Bonchev–Trinajstić information content (AvgIpc) is 2.53. The molecule has 1 aromatic carbocycles. The van der Waals surface area contributed by atoms with E-state index in [9.17, 15) is 18.3 Å². The first kappa shape index (κ1) is 17.0. The van der Waals surface area contributed by atoms with Crippen molar-refractivity contribution in [1.82, 2.24) is 0 Å². The van der Waals surface area contributed by atoms with Crippen LogP contribution < -0.4 is 0 Å². The normalized spacial score (nSPS) is 18.0. The van der Waals surface area contributed by atoms with Gasteiger partial charge in [-0.25, -0.2) is 8.42 Å². The molecule has 0 bridgehead atoms. The Morgan fingerprint density at radius 2 is 1.86 bits per heavy atom. The molecule has 1 atom stereocenters. The molecule has 1 fully saturated rings. The molecule has 22 heavy (non-hydrogen) atoms. The Bertz CT molecular complexity index is 600. The minimum Gasteiger partial charge on any atom is -0.481 e. The van der Waals surface area contributed by atoms with Crippen molar-refractivity contribution in [2.75, 3.05) is 19.0 Å². The number of rotatable bonds is 6. The van der Waals surface area contributed by atoms with E-state index in [1.54, 1.807) is 19.1 Å². The predicted octanol–water partition coefficient (Wildman–Crippen LogP) is 2.47. The first-order valence-electron chi connectivity index (χ1n) is 7.57. The van der Waals surface area contributed by atoms with Gasteiger partial charge < -0.3 is 9.84 Å². The van der Waals surface area contributed by atoms with Crippen molar-refractivity contribution in [3.05, 3.63) is 29.8 Å². The van der Waals surface area contributed by atoms with E-state index in [0.717, 1.165) is 12.8 Å². The molecule has 1 N–H and O–H groups in total. The third-order valence-corrected chi connectivity index (χ3v) is 5.98. The lowest BCUT2D eigenvalue weighted by molar-refractivity contribution is -0.139. The molecular formula is C16H22O5S. The first-order valence-corrected chi connectivity index (χ1v) is 9.22. The molecule has 2 rings (SSSR count). The highest BCUT2D eigenvalue weighted by Crippen LogP contribution is 2.30. The maximum atomic E-state index is 11.8. The van der Waals surface area contributed by atoms with Gasteiger partial charge in [0.15, 0.2) is 9.84 Å². The largest absolute Gasteiger partial charge is 0.481 e. The SMILES string of the molecule is CCS(=O)(=O)c1ccc(C(CC2CCOCC2)C(=O)O)cc1. The summed E-state index contributed by atoms with van der Waals surface area (Å²) in [6, 6.07) is 6.27. The maximum Gasteiger partial charge on any atom is 0.310 e. The van der Waals surface area contributed by atoms with Gasteiger partial charge in [-0.2, -0.15) is 0 Å². The summed E-state index contributed by atoms with van der Waals surface area (Å²) in [5, 5.41) is 9.48. The molecule has 0 aromatic heterocycles. The lowest BCUT2D eigenvalue weighted by atomic mass is 9.85. The fourth-order valence-corrected chi connectivity index (χ4v) is 3.65. The fourth-order valence-electron chi connectivity index (χ4n) is 2.77. The Morgan fingerprint density at radius 3 is 2.36 bits per heavy atom. The Labute approximate surface area is 131 Å². The summed E-state index contributed by atoms with van der Waals surface area (Å²) >= 11 is 0. The van der Waals surface area contributed by atoms with Crippen molar-refractivity contribution in [3.63, 3.8) is 0 Å². The molecule has 1 aliphatic heterocycles. The monoisotopic (exact) mass is 326 g/mol. The van der Waals surface area contributed by atoms with Crippen LogP contribution in [0.25, 0.3) is 0 Å². The Morgan fingerprint density at radius 1 is 1.27 bits per heavy atom. The molecule has 0 aliphatic carbocycles. The number of carboxylic acid groups (broad SMARTS) is 1. The first-order chi connectivity index (χ1) is 10.4. The van der Waals surface area contributed by atoms with Gasteiger partial charge in [-0.05, 0) is 42.9 Å². The third kappa shape index (κ3) is 4.08. The van der Waals surface area contributed by atoms with Gasteiger partial charge in [0, 0.05) is 13.2 Å². The summed E-state index contributed by atoms with van der Waals surface area (Å²) in [4.78, 5) is 11.8. The van der Waals surface area contributed by atoms with Gasteiger partial charge >= 0.3 is 5.97 Å². The molecule has 0 radical (unpaired) electrons. The zero-order chi connectivity index (χ0) is 16.2. The molecule has 1 heterocycles. The van der Waals surface area contributed by atoms with E-state index in [1.165, 1.54) is 12.1 Å². The standard InChI is InChI=1S/C16H22O5S/c1-2-22(19,20)14-5-3-13(4-6-14)15(16(17)18)11-12-7-9-21-10-8-12/h3-6,12,15H,2,7-11H2,1H3,(H,17,18). The topological polar surface area (TPSA) is 80.7 Å². The molecular weight excluding hydrogens is 304 g/mol. The van der Waals surface area contributed by atoms with Gasteiger partial charge in [-0.1, -0.05) is 19.1 Å². The van der Waals surface area contributed by atoms with Crippen molar-refractivity contribution in [3.8, 4) is 0 Å². The minimum atomic E-state index is -3.25. The molecule has 1 unspecified atom stereocenters. The Hall–Kier alpha value is -1.40. The van der Waals surface area contributed by atoms with Crippen molar-refractivity contribution < 1.29 is 23.1 Å². The minimum absolute atomic E-state index is 0.0385. The molecule has 122 valence electrons. The summed E-state index contributed by atoms with van der Waals surface area (Å²) in [5.41, 5.74) is 0.661. The van der Waals surface area contributed by atoms with E-state index in [4.69, 9.17) is 4.74 Å². The van der Waals surface area contributed by atoms with Gasteiger partial charge in [0.2, 0.25) is 0 Å². The van der Waals surface area contributed by atoms with Crippen LogP contribution in [-0.4, -0.2) is 38.5 Å². The summed E-state index contributed by atoms with van der Waals surface area (Å²) in [7, 11) is -3.25. The quantitative estimate of drug-likeness (QED) is 0.868. The van der Waals surface area contributed by atoms with Crippen molar-refractivity contribution >= 4 is 15.8 Å². The zero-order valence-electron chi connectivity index (χ0n) is 12.7. The van der Waals surface area contributed by atoms with E-state index in [0.29, 0.717) is 31.1 Å². The second-order valence-electron chi connectivity index (χ2n) is 5.65. The zero-order valence-corrected chi connectivity index (χ0v) is 13.5. The van der Waals surface area contributed by atoms with Gasteiger partial charge in [0.05, 0.1) is 16.6 Å². The summed E-state index contributed by atoms with van der Waals surface area (Å²) in [6.07, 6.45) is 2.33. The highest BCUT2D eigenvalue weighted by atomic mass is 32.2. The van der Waals surface area contributed by atoms with E-state index >= 15 is 0 Å². The number of carboxylic acids is 1. The number of hydrogen-bond acceptors (Lipinski definition) is 4. The van der Waals surface area contributed by atoms with Crippen LogP contribution in [0, 0.1) is 5.92 Å². The van der Waals surface area contributed by atoms with E-state index < -0.39 is 21.7 Å². The van der Waals surface area contributed by atoms with E-state index in [2.05, 4.69) is 0 Å². The lowest BCUT2D eigenvalue weighted by Crippen LogP contribution is -2.21. The van der Waals surface area contributed by atoms with Crippen molar-refractivity contribution in [1.29, 1.82) is 0 Å². The van der Waals surface area contributed by atoms with Crippen LogP contribution >= 0.6 is 0 Å². The molecule has 6 heteroatoms. The van der Waals surface area contributed by atoms with Crippen LogP contribution in [0.4, 0.5) is 0 Å². The summed E-state index contributed by atoms with van der Waals surface area (Å²) < 4.78 is 28.9. The van der Waals surface area contributed by atoms with Crippen LogP contribution in [0.2, 0.25) is 0 Å². The van der Waals surface area contributed by atoms with Crippen LogP contribution in [-0.2, 0) is 19.4 Å². The smallest absolute Gasteiger partial charge is 0.310 e. The van der Waals surface area contributed by atoms with E-state index in [1.807, 2.05) is 0 Å². The Kier molecular flexibility index (Phi) is 5.58. The van der Waals surface area contributed by atoms with Gasteiger partial charge in [0.25, 0.3) is 0 Å². The predicted molar refractivity (Wildman–Crippen MR) is 82.7 cm³/mol. The van der Waals surface area contributed by atoms with Crippen LogP contribution in [0.3, 0.4) is 0 Å². The second-order valence-corrected chi connectivity index (χ2v) is 7.93. The Balaban J connectivity index is 2.16. The van der Waals surface area contributed by atoms with Gasteiger partial charge in [-0.15, -0.1) is 0 Å². The fraction of sp³-hybridized carbons (Fsp3) is 0.562. The number of ether oxygens (including phenoxy) is 1. The second kappa shape index (κ2) is 7.24. The van der Waals surface area contributed by atoms with Gasteiger partial charge in [0.1, 0.15) is 0 Å². The molecule has 1 aromatic rings.